The van der Waals surface area contributed by atoms with Crippen molar-refractivity contribution in [1.82, 2.24) is 20.5 Å². The Morgan fingerprint density at radius 3 is 2.90 bits per heavy atom. The molecule has 0 aliphatic carbocycles. The number of fused-ring (bicyclic) bond motifs is 1. The number of hydrogen-bond donors (Lipinski definition) is 1. The Bertz CT molecular complexity index is 713. The Hall–Kier alpha value is -1.85. The van der Waals surface area contributed by atoms with Gasteiger partial charge in [-0.1, -0.05) is 36.5 Å². The summed E-state index contributed by atoms with van der Waals surface area (Å²) >= 11 is 1.65. The summed E-state index contributed by atoms with van der Waals surface area (Å²) in [6.07, 6.45) is 2.81. The van der Waals surface area contributed by atoms with Gasteiger partial charge in [-0.15, -0.1) is 10.2 Å². The number of rotatable bonds is 4. The molecule has 0 saturated heterocycles. The van der Waals surface area contributed by atoms with Crippen LogP contribution in [0.4, 0.5) is 0 Å². The van der Waals surface area contributed by atoms with Gasteiger partial charge < -0.3 is 5.32 Å². The predicted molar refractivity (Wildman–Crippen MR) is 82.7 cm³/mol. The van der Waals surface area contributed by atoms with Crippen molar-refractivity contribution in [1.29, 1.82) is 0 Å². The van der Waals surface area contributed by atoms with E-state index in [1.165, 1.54) is 0 Å². The van der Waals surface area contributed by atoms with E-state index in [1.54, 1.807) is 11.3 Å². The maximum Gasteiger partial charge on any atom is 0.148 e. The zero-order valence-corrected chi connectivity index (χ0v) is 12.3. The first-order valence-corrected chi connectivity index (χ1v) is 7.50. The number of nitrogens with one attached hydrogen (secondary N) is 1. The van der Waals surface area contributed by atoms with Gasteiger partial charge in [-0.05, 0) is 25.6 Å². The van der Waals surface area contributed by atoms with Gasteiger partial charge in [-0.3, -0.25) is 4.98 Å². The molecular formula is C15H16N4S. The molecule has 1 N–H and O–H groups in total. The molecule has 2 aromatic heterocycles. The van der Waals surface area contributed by atoms with Crippen LogP contribution in [0.5, 0.6) is 0 Å². The molecule has 2 heterocycles. The zero-order valence-electron chi connectivity index (χ0n) is 11.5. The first-order valence-electron chi connectivity index (χ1n) is 6.68. The lowest BCUT2D eigenvalue weighted by Gasteiger charge is -2.08. The van der Waals surface area contributed by atoms with Crippen LogP contribution in [0.1, 0.15) is 24.4 Å². The Morgan fingerprint density at radius 1 is 1.20 bits per heavy atom. The second kappa shape index (κ2) is 5.64. The van der Waals surface area contributed by atoms with Crippen molar-refractivity contribution >= 4 is 22.2 Å². The average molecular weight is 284 g/mol. The van der Waals surface area contributed by atoms with Crippen LogP contribution in [0, 0.1) is 0 Å². The minimum absolute atomic E-state index is 0.273. The Morgan fingerprint density at radius 2 is 2.10 bits per heavy atom. The molecule has 1 aromatic carbocycles. The third-order valence-electron chi connectivity index (χ3n) is 3.37. The molecule has 0 aliphatic heterocycles. The molecule has 1 atom stereocenters. The minimum atomic E-state index is 0.273. The predicted octanol–water partition coefficient (Wildman–Crippen LogP) is 3.42. The highest BCUT2D eigenvalue weighted by molar-refractivity contribution is 7.14. The van der Waals surface area contributed by atoms with Crippen LogP contribution in [0.25, 0.3) is 21.5 Å². The molecule has 4 nitrogen and oxygen atoms in total. The summed E-state index contributed by atoms with van der Waals surface area (Å²) in [6, 6.07) is 10.4. The standard InChI is InChI=1S/C15H16N4S/c1-3-12(16-2)15-19-18-14(20-15)11-6-4-8-13-10(11)7-5-9-17-13/h4-9,12,16H,3H2,1-2H3. The zero-order chi connectivity index (χ0) is 13.9. The van der Waals surface area contributed by atoms with Gasteiger partial charge in [-0.25, -0.2) is 0 Å². The molecule has 0 amide bonds. The van der Waals surface area contributed by atoms with Crippen LogP contribution in [-0.4, -0.2) is 22.2 Å². The van der Waals surface area contributed by atoms with Crippen LogP contribution in [0.2, 0.25) is 0 Å². The van der Waals surface area contributed by atoms with Crippen LogP contribution in [0.3, 0.4) is 0 Å². The molecule has 0 spiro atoms. The van der Waals surface area contributed by atoms with E-state index in [9.17, 15) is 0 Å². The van der Waals surface area contributed by atoms with E-state index >= 15 is 0 Å². The van der Waals surface area contributed by atoms with E-state index in [1.807, 2.05) is 31.4 Å². The highest BCUT2D eigenvalue weighted by Crippen LogP contribution is 2.32. The maximum absolute atomic E-state index is 4.39. The first kappa shape index (κ1) is 13.1. The number of aromatic nitrogens is 3. The number of benzene rings is 1. The molecule has 0 aliphatic rings. The van der Waals surface area contributed by atoms with Gasteiger partial charge in [0.05, 0.1) is 11.6 Å². The lowest BCUT2D eigenvalue weighted by atomic mass is 10.1. The summed E-state index contributed by atoms with van der Waals surface area (Å²) in [5.41, 5.74) is 2.09. The quantitative estimate of drug-likeness (QED) is 0.797. The van der Waals surface area contributed by atoms with E-state index in [4.69, 9.17) is 0 Å². The van der Waals surface area contributed by atoms with E-state index in [-0.39, 0.29) is 6.04 Å². The summed E-state index contributed by atoms with van der Waals surface area (Å²) < 4.78 is 0. The highest BCUT2D eigenvalue weighted by atomic mass is 32.1. The van der Waals surface area contributed by atoms with Crippen LogP contribution < -0.4 is 5.32 Å². The van der Waals surface area contributed by atoms with Crippen LogP contribution in [0.15, 0.2) is 36.5 Å². The van der Waals surface area contributed by atoms with Crippen molar-refractivity contribution in [2.75, 3.05) is 7.05 Å². The molecule has 5 heteroatoms. The molecule has 20 heavy (non-hydrogen) atoms. The van der Waals surface area contributed by atoms with Gasteiger partial charge in [0.2, 0.25) is 0 Å². The van der Waals surface area contributed by atoms with Crippen molar-refractivity contribution in [3.8, 4) is 10.6 Å². The Balaban J connectivity index is 2.08. The second-order valence-electron chi connectivity index (χ2n) is 4.57. The van der Waals surface area contributed by atoms with Crippen molar-refractivity contribution in [3.63, 3.8) is 0 Å². The van der Waals surface area contributed by atoms with Gasteiger partial charge in [-0.2, -0.15) is 0 Å². The van der Waals surface area contributed by atoms with Crippen molar-refractivity contribution in [2.45, 2.75) is 19.4 Å². The van der Waals surface area contributed by atoms with Crippen LogP contribution >= 0.6 is 11.3 Å². The third kappa shape index (κ3) is 2.30. The normalized spacial score (nSPS) is 12.7. The summed E-state index contributed by atoms with van der Waals surface area (Å²) in [5.74, 6) is 0. The van der Waals surface area contributed by atoms with Crippen molar-refractivity contribution in [2.24, 2.45) is 0 Å². The Kier molecular flexibility index (Phi) is 3.71. The summed E-state index contributed by atoms with van der Waals surface area (Å²) in [4.78, 5) is 4.39. The van der Waals surface area contributed by atoms with Gasteiger partial charge in [0.1, 0.15) is 10.0 Å². The van der Waals surface area contributed by atoms with Crippen molar-refractivity contribution < 1.29 is 0 Å². The summed E-state index contributed by atoms with van der Waals surface area (Å²) in [7, 11) is 1.96. The van der Waals surface area contributed by atoms with E-state index in [0.29, 0.717) is 0 Å². The molecule has 102 valence electrons. The largest absolute Gasteiger partial charge is 0.311 e. The fourth-order valence-corrected chi connectivity index (χ4v) is 3.35. The molecule has 0 fully saturated rings. The molecule has 3 aromatic rings. The fourth-order valence-electron chi connectivity index (χ4n) is 2.28. The maximum atomic E-state index is 4.39. The minimum Gasteiger partial charge on any atom is -0.311 e. The second-order valence-corrected chi connectivity index (χ2v) is 5.58. The van der Waals surface area contributed by atoms with Gasteiger partial charge >= 0.3 is 0 Å². The number of pyridine rings is 1. The van der Waals surface area contributed by atoms with E-state index in [0.717, 1.165) is 32.9 Å². The molecule has 0 bridgehead atoms. The third-order valence-corrected chi connectivity index (χ3v) is 4.44. The monoisotopic (exact) mass is 284 g/mol. The average Bonchev–Trinajstić information content (AvgIpc) is 2.97. The van der Waals surface area contributed by atoms with E-state index < -0.39 is 0 Å². The molecule has 3 rings (SSSR count). The van der Waals surface area contributed by atoms with Gasteiger partial charge in [0.15, 0.2) is 0 Å². The molecular weight excluding hydrogens is 268 g/mol. The topological polar surface area (TPSA) is 50.7 Å². The Labute approximate surface area is 121 Å². The summed E-state index contributed by atoms with van der Waals surface area (Å²) in [5, 5.41) is 15.1. The highest BCUT2D eigenvalue weighted by Gasteiger charge is 2.15. The number of nitrogens with zero attached hydrogens (tertiary/aromatic N) is 3. The molecule has 0 saturated carbocycles. The van der Waals surface area contributed by atoms with E-state index in [2.05, 4.69) is 39.6 Å². The summed E-state index contributed by atoms with van der Waals surface area (Å²) in [6.45, 7) is 2.14. The molecule has 0 radical (unpaired) electrons. The number of hydrogen-bond acceptors (Lipinski definition) is 5. The fraction of sp³-hybridized carbons (Fsp3) is 0.267. The van der Waals surface area contributed by atoms with Gasteiger partial charge in [0.25, 0.3) is 0 Å². The van der Waals surface area contributed by atoms with Gasteiger partial charge in [0, 0.05) is 17.1 Å². The van der Waals surface area contributed by atoms with Crippen LogP contribution in [-0.2, 0) is 0 Å². The van der Waals surface area contributed by atoms with Crippen molar-refractivity contribution in [3.05, 3.63) is 41.5 Å². The SMILES string of the molecule is CCC(NC)c1nnc(-c2cccc3ncccc23)s1. The first-order chi connectivity index (χ1) is 9.83. The lowest BCUT2D eigenvalue weighted by Crippen LogP contribution is -2.14. The smallest absolute Gasteiger partial charge is 0.148 e. The lowest BCUT2D eigenvalue weighted by molar-refractivity contribution is 0.568. The molecule has 1 unspecified atom stereocenters.